The molecule has 3 aliphatic heterocycles. The molecule has 3 atom stereocenters. The van der Waals surface area contributed by atoms with Crippen LogP contribution in [0.15, 0.2) is 48.7 Å². The van der Waals surface area contributed by atoms with Crippen LogP contribution < -0.4 is 15.8 Å². The molecule has 2 aromatic heterocycles. The molecule has 0 aliphatic carbocycles. The van der Waals surface area contributed by atoms with Crippen molar-refractivity contribution in [2.45, 2.75) is 56.7 Å². The van der Waals surface area contributed by atoms with Crippen LogP contribution >= 0.6 is 0 Å². The number of rotatable bonds is 6. The average molecular weight is 473 g/mol. The highest BCUT2D eigenvalue weighted by molar-refractivity contribution is 5.78. The Hall–Kier alpha value is -3.39. The third kappa shape index (κ3) is 4.16. The summed E-state index contributed by atoms with van der Waals surface area (Å²) < 4.78 is 8.36. The van der Waals surface area contributed by atoms with Crippen LogP contribution in [0.4, 0.5) is 5.82 Å². The van der Waals surface area contributed by atoms with Crippen LogP contribution in [0.3, 0.4) is 0 Å². The number of nitrogens with one attached hydrogen (secondary N) is 1. The minimum absolute atomic E-state index is 0.135. The van der Waals surface area contributed by atoms with E-state index >= 15 is 0 Å². The number of aromatic nitrogens is 3. The van der Waals surface area contributed by atoms with Gasteiger partial charge < -0.3 is 20.7 Å². The summed E-state index contributed by atoms with van der Waals surface area (Å²) in [5, 5.41) is 8.04. The molecule has 8 heteroatoms. The minimum atomic E-state index is -0.139. The van der Waals surface area contributed by atoms with Crippen molar-refractivity contribution in [3.63, 3.8) is 0 Å². The van der Waals surface area contributed by atoms with Gasteiger partial charge in [0.15, 0.2) is 11.6 Å². The zero-order valence-electron chi connectivity index (χ0n) is 20.1. The van der Waals surface area contributed by atoms with Gasteiger partial charge in [-0.3, -0.25) is 9.48 Å². The second-order valence-corrected chi connectivity index (χ2v) is 10.2. The number of anilines is 1. The van der Waals surface area contributed by atoms with Crippen molar-refractivity contribution < 1.29 is 9.53 Å². The number of aryl methyl sites for hydroxylation is 1. The molecule has 182 valence electrons. The molecule has 8 nitrogen and oxygen atoms in total. The van der Waals surface area contributed by atoms with Gasteiger partial charge >= 0.3 is 0 Å². The Morgan fingerprint density at radius 3 is 2.86 bits per heavy atom. The number of nitrogens with two attached hydrogens (primary N) is 1. The number of carbonyl (C=O) groups excluding carboxylic acids is 1. The van der Waals surface area contributed by atoms with E-state index in [1.165, 1.54) is 5.69 Å². The Kier molecular flexibility index (Phi) is 5.48. The molecule has 5 heterocycles. The summed E-state index contributed by atoms with van der Waals surface area (Å²) in [5.41, 5.74) is 10.5. The molecule has 1 aromatic carbocycles. The first kappa shape index (κ1) is 22.1. The van der Waals surface area contributed by atoms with Gasteiger partial charge in [0.2, 0.25) is 5.91 Å². The van der Waals surface area contributed by atoms with Gasteiger partial charge in [-0.1, -0.05) is 30.3 Å². The van der Waals surface area contributed by atoms with Gasteiger partial charge in [-0.2, -0.15) is 5.10 Å². The molecular weight excluding hydrogens is 440 g/mol. The van der Waals surface area contributed by atoms with Crippen LogP contribution in [0.2, 0.25) is 0 Å². The molecule has 3 aliphatic rings. The first-order chi connectivity index (χ1) is 17.0. The summed E-state index contributed by atoms with van der Waals surface area (Å²) in [6.07, 6.45) is 5.49. The molecule has 0 unspecified atom stereocenters. The van der Waals surface area contributed by atoms with E-state index in [-0.39, 0.29) is 23.5 Å². The summed E-state index contributed by atoms with van der Waals surface area (Å²) in [7, 11) is 0. The van der Waals surface area contributed by atoms with E-state index in [4.69, 9.17) is 15.6 Å². The van der Waals surface area contributed by atoms with Gasteiger partial charge in [0.1, 0.15) is 6.10 Å². The highest BCUT2D eigenvalue weighted by atomic mass is 16.5. The Morgan fingerprint density at radius 1 is 1.23 bits per heavy atom. The van der Waals surface area contributed by atoms with Crippen LogP contribution in [0.25, 0.3) is 11.3 Å². The highest BCUT2D eigenvalue weighted by Gasteiger charge is 2.46. The molecule has 35 heavy (non-hydrogen) atoms. The molecule has 2 saturated heterocycles. The van der Waals surface area contributed by atoms with Crippen molar-refractivity contribution in [3.8, 4) is 17.0 Å². The minimum Gasteiger partial charge on any atom is -0.482 e. The number of fused-ring (bicyclic) bond motifs is 2. The van der Waals surface area contributed by atoms with E-state index in [9.17, 15) is 4.79 Å². The molecule has 1 spiro atoms. The smallest absolute Gasteiger partial charge is 0.220 e. The van der Waals surface area contributed by atoms with Crippen molar-refractivity contribution in [2.24, 2.45) is 0 Å². The lowest BCUT2D eigenvalue weighted by Gasteiger charge is -2.25. The van der Waals surface area contributed by atoms with Gasteiger partial charge in [-0.25, -0.2) is 4.98 Å². The summed E-state index contributed by atoms with van der Waals surface area (Å²) in [6.45, 7) is 5.97. The van der Waals surface area contributed by atoms with Crippen molar-refractivity contribution in [2.75, 3.05) is 25.4 Å². The van der Waals surface area contributed by atoms with E-state index in [1.54, 1.807) is 6.20 Å². The normalized spacial score (nSPS) is 24.6. The lowest BCUT2D eigenvalue weighted by molar-refractivity contribution is -0.119. The molecule has 1 amide bonds. The Balaban J connectivity index is 1.20. The van der Waals surface area contributed by atoms with E-state index < -0.39 is 0 Å². The Labute approximate surface area is 205 Å². The zero-order valence-corrected chi connectivity index (χ0v) is 20.1. The summed E-state index contributed by atoms with van der Waals surface area (Å²) in [6, 6.07) is 14.6. The number of nitrogens with zero attached hydrogens (tertiary/aromatic N) is 4. The summed E-state index contributed by atoms with van der Waals surface area (Å²) in [5.74, 6) is 1.14. The number of nitrogen functional groups attached to an aromatic ring is 1. The van der Waals surface area contributed by atoms with E-state index in [0.717, 1.165) is 62.3 Å². The van der Waals surface area contributed by atoms with Crippen LogP contribution in [-0.4, -0.2) is 51.2 Å². The predicted octanol–water partition coefficient (Wildman–Crippen LogP) is 3.29. The van der Waals surface area contributed by atoms with Gasteiger partial charge in [0.25, 0.3) is 0 Å². The van der Waals surface area contributed by atoms with E-state index in [0.29, 0.717) is 18.0 Å². The number of hydrogen-bond acceptors (Lipinski definition) is 6. The van der Waals surface area contributed by atoms with Crippen LogP contribution in [-0.2, 0) is 16.8 Å². The molecule has 0 bridgehead atoms. The molecular formula is C27H32N6O2. The predicted molar refractivity (Wildman–Crippen MR) is 134 cm³/mol. The fourth-order valence-corrected chi connectivity index (χ4v) is 5.93. The molecule has 6 rings (SSSR count). The number of pyridine rings is 1. The van der Waals surface area contributed by atoms with Crippen LogP contribution in [0.1, 0.15) is 50.0 Å². The summed E-state index contributed by atoms with van der Waals surface area (Å²) >= 11 is 0. The van der Waals surface area contributed by atoms with Crippen molar-refractivity contribution >= 4 is 11.7 Å². The van der Waals surface area contributed by atoms with Gasteiger partial charge in [-0.15, -0.1) is 0 Å². The van der Waals surface area contributed by atoms with Crippen molar-refractivity contribution in [3.05, 3.63) is 59.9 Å². The molecule has 0 radical (unpaired) electrons. The lowest BCUT2D eigenvalue weighted by Crippen LogP contribution is -2.39. The number of amides is 1. The van der Waals surface area contributed by atoms with Gasteiger partial charge in [-0.05, 0) is 50.4 Å². The zero-order chi connectivity index (χ0) is 24.0. The third-order valence-corrected chi connectivity index (χ3v) is 7.87. The first-order valence-corrected chi connectivity index (χ1v) is 12.6. The number of hydrogen-bond donors (Lipinski definition) is 2. The third-order valence-electron chi connectivity index (χ3n) is 7.87. The standard InChI is InChI=1S/C27H32N6O2/c1-18(19-5-3-2-4-6-19)35-23-13-20(15-29-26(23)28)22-14-24-27(10-12-33(24)31-22)9-11-32(17-27)16-21-7-8-25(34)30-21/h2-6,13-15,18,21H,7-12,16-17H2,1H3,(H2,28,29)(H,30,34)/t18-,21-,27-/m1/s1. The SMILES string of the molecule is C[C@@H](Oc1cc(-c2cc3n(n2)CC[C@@]32CCN(C[C@H]3CCC(=O)N3)C2)cnc1N)c1ccccc1. The topological polar surface area (TPSA) is 98.3 Å². The van der Waals surface area contributed by atoms with Crippen molar-refractivity contribution in [1.29, 1.82) is 0 Å². The fourth-order valence-electron chi connectivity index (χ4n) is 5.93. The lowest BCUT2D eigenvalue weighted by atomic mass is 9.82. The number of carbonyl (C=O) groups is 1. The largest absolute Gasteiger partial charge is 0.482 e. The monoisotopic (exact) mass is 472 g/mol. The molecule has 2 fully saturated rings. The van der Waals surface area contributed by atoms with Crippen molar-refractivity contribution in [1.82, 2.24) is 25.0 Å². The Bertz CT molecular complexity index is 1240. The number of ether oxygens (including phenoxy) is 1. The second kappa shape index (κ2) is 8.68. The maximum atomic E-state index is 11.6. The van der Waals surface area contributed by atoms with Crippen LogP contribution in [0.5, 0.6) is 5.75 Å². The first-order valence-electron chi connectivity index (χ1n) is 12.6. The van der Waals surface area contributed by atoms with Crippen LogP contribution in [0, 0.1) is 0 Å². The van der Waals surface area contributed by atoms with E-state index in [2.05, 4.69) is 25.9 Å². The molecule has 3 aromatic rings. The maximum absolute atomic E-state index is 11.6. The second-order valence-electron chi connectivity index (χ2n) is 10.2. The van der Waals surface area contributed by atoms with E-state index in [1.807, 2.05) is 43.3 Å². The highest BCUT2D eigenvalue weighted by Crippen LogP contribution is 2.44. The molecule has 0 saturated carbocycles. The maximum Gasteiger partial charge on any atom is 0.220 e. The van der Waals surface area contributed by atoms with Gasteiger partial charge in [0, 0.05) is 55.0 Å². The number of benzene rings is 1. The summed E-state index contributed by atoms with van der Waals surface area (Å²) in [4.78, 5) is 18.5. The fraction of sp³-hybridized carbons (Fsp3) is 0.444. The quantitative estimate of drug-likeness (QED) is 0.571. The Morgan fingerprint density at radius 2 is 2.06 bits per heavy atom. The molecule has 3 N–H and O–H groups in total. The van der Waals surface area contributed by atoms with Gasteiger partial charge in [0.05, 0.1) is 5.69 Å². The average Bonchev–Trinajstić information content (AvgIpc) is 3.63. The number of likely N-dealkylation sites (tertiary alicyclic amines) is 1.